The van der Waals surface area contributed by atoms with Crippen LogP contribution in [-0.2, 0) is 4.79 Å². The van der Waals surface area contributed by atoms with Crippen molar-refractivity contribution in [3.8, 4) is 5.75 Å². The van der Waals surface area contributed by atoms with Crippen LogP contribution in [0.3, 0.4) is 0 Å². The van der Waals surface area contributed by atoms with E-state index in [9.17, 15) is 4.79 Å². The van der Waals surface area contributed by atoms with E-state index in [0.717, 1.165) is 30.7 Å². The van der Waals surface area contributed by atoms with Crippen LogP contribution in [0.5, 0.6) is 5.75 Å². The monoisotopic (exact) mass is 307 g/mol. The summed E-state index contributed by atoms with van der Waals surface area (Å²) in [6.45, 7) is 2.25. The van der Waals surface area contributed by atoms with E-state index in [1.807, 2.05) is 17.0 Å². The first-order chi connectivity index (χ1) is 10.1. The third-order valence-corrected chi connectivity index (χ3v) is 5.29. The molecule has 1 heterocycles. The second-order valence-corrected chi connectivity index (χ2v) is 6.59. The van der Waals surface area contributed by atoms with Gasteiger partial charge >= 0.3 is 0 Å². The Kier molecular flexibility index (Phi) is 3.87. The first-order valence-electron chi connectivity index (χ1n) is 7.68. The van der Waals surface area contributed by atoms with Crippen LogP contribution in [0.2, 0.25) is 0 Å². The summed E-state index contributed by atoms with van der Waals surface area (Å²) in [6.07, 6.45) is 5.60. The van der Waals surface area contributed by atoms with Crippen molar-refractivity contribution in [2.75, 3.05) is 17.9 Å². The number of fused-ring (bicyclic) bond motifs is 1. The first-order valence-corrected chi connectivity index (χ1v) is 8.22. The molecule has 0 N–H and O–H groups in total. The number of nitrogens with zero attached hydrogens (tertiary/aromatic N) is 1. The van der Waals surface area contributed by atoms with Crippen LogP contribution >= 0.6 is 11.6 Å². The molecule has 1 atom stereocenters. The number of anilines is 1. The minimum Gasteiger partial charge on any atom is -0.497 e. The predicted molar refractivity (Wildman–Crippen MR) is 85.4 cm³/mol. The minimum absolute atomic E-state index is 0.0209. The third kappa shape index (κ3) is 2.32. The van der Waals surface area contributed by atoms with Crippen molar-refractivity contribution in [3.63, 3.8) is 0 Å². The van der Waals surface area contributed by atoms with E-state index < -0.39 is 0 Å². The second-order valence-electron chi connectivity index (χ2n) is 6.32. The molecule has 1 spiro atoms. The number of benzene rings is 1. The van der Waals surface area contributed by atoms with Crippen molar-refractivity contribution in [2.45, 2.75) is 50.5 Å². The summed E-state index contributed by atoms with van der Waals surface area (Å²) in [7, 11) is 1.68. The van der Waals surface area contributed by atoms with Crippen molar-refractivity contribution in [3.05, 3.63) is 23.8 Å². The van der Waals surface area contributed by atoms with Crippen LogP contribution in [0.25, 0.3) is 0 Å². The molecule has 1 aliphatic heterocycles. The van der Waals surface area contributed by atoms with Gasteiger partial charge in [0.2, 0.25) is 5.91 Å². The van der Waals surface area contributed by atoms with E-state index in [1.54, 1.807) is 7.11 Å². The minimum atomic E-state index is -0.0209. The molecule has 1 aromatic carbocycles. The number of amides is 1. The number of methoxy groups -OCH3 is 1. The van der Waals surface area contributed by atoms with Gasteiger partial charge in [0, 0.05) is 11.2 Å². The Labute approximate surface area is 131 Å². The molecule has 3 nitrogen and oxygen atoms in total. The second kappa shape index (κ2) is 5.53. The molecule has 1 aromatic rings. The Hall–Kier alpha value is -1.22. The lowest BCUT2D eigenvalue weighted by atomic mass is 9.76. The SMILES string of the molecule is COc1ccc2c(c1)C(C)CC1(CCCC1)N2C(=O)CCl. The molecule has 1 amide bonds. The van der Waals surface area contributed by atoms with E-state index >= 15 is 0 Å². The number of carbonyl (C=O) groups excluding carboxylic acids is 1. The van der Waals surface area contributed by atoms with Crippen LogP contribution in [0.4, 0.5) is 5.69 Å². The van der Waals surface area contributed by atoms with Gasteiger partial charge < -0.3 is 9.64 Å². The zero-order valence-electron chi connectivity index (χ0n) is 12.7. The normalized spacial score (nSPS) is 23.2. The summed E-state index contributed by atoms with van der Waals surface area (Å²) < 4.78 is 5.34. The van der Waals surface area contributed by atoms with Crippen molar-refractivity contribution >= 4 is 23.2 Å². The molecule has 3 rings (SSSR count). The zero-order valence-corrected chi connectivity index (χ0v) is 13.4. The van der Waals surface area contributed by atoms with Crippen molar-refractivity contribution in [1.82, 2.24) is 0 Å². The Morgan fingerprint density at radius 1 is 1.43 bits per heavy atom. The van der Waals surface area contributed by atoms with Gasteiger partial charge in [-0.05, 0) is 48.9 Å². The maximum Gasteiger partial charge on any atom is 0.242 e. The molecule has 0 aromatic heterocycles. The van der Waals surface area contributed by atoms with E-state index in [4.69, 9.17) is 16.3 Å². The van der Waals surface area contributed by atoms with Gasteiger partial charge in [0.15, 0.2) is 0 Å². The van der Waals surface area contributed by atoms with E-state index in [-0.39, 0.29) is 17.3 Å². The lowest BCUT2D eigenvalue weighted by Gasteiger charge is -2.48. The topological polar surface area (TPSA) is 29.5 Å². The van der Waals surface area contributed by atoms with Gasteiger partial charge in [-0.15, -0.1) is 11.6 Å². The van der Waals surface area contributed by atoms with Gasteiger partial charge in [-0.3, -0.25) is 4.79 Å². The quantitative estimate of drug-likeness (QED) is 0.770. The number of hydrogen-bond donors (Lipinski definition) is 0. The summed E-state index contributed by atoms with van der Waals surface area (Å²) in [5, 5.41) is 0. The smallest absolute Gasteiger partial charge is 0.242 e. The molecule has 1 aliphatic carbocycles. The molecule has 1 fully saturated rings. The Balaban J connectivity index is 2.12. The standard InChI is InChI=1S/C17H22ClNO2/c1-12-10-17(7-3-4-8-17)19(16(20)11-18)15-6-5-13(21-2)9-14(12)15/h5-6,9,12H,3-4,7-8,10-11H2,1-2H3. The summed E-state index contributed by atoms with van der Waals surface area (Å²) >= 11 is 5.89. The highest BCUT2D eigenvalue weighted by Crippen LogP contribution is 2.51. The Morgan fingerprint density at radius 2 is 2.14 bits per heavy atom. The molecular weight excluding hydrogens is 286 g/mol. The number of hydrogen-bond acceptors (Lipinski definition) is 2. The molecule has 0 bridgehead atoms. The molecule has 1 saturated carbocycles. The molecule has 0 saturated heterocycles. The van der Waals surface area contributed by atoms with Crippen LogP contribution in [-0.4, -0.2) is 24.4 Å². The fourth-order valence-electron chi connectivity index (χ4n) is 4.20. The van der Waals surface area contributed by atoms with Crippen LogP contribution < -0.4 is 9.64 Å². The summed E-state index contributed by atoms with van der Waals surface area (Å²) in [4.78, 5) is 14.5. The van der Waals surface area contributed by atoms with E-state index in [0.29, 0.717) is 5.92 Å². The van der Waals surface area contributed by atoms with Crippen LogP contribution in [0.1, 0.15) is 50.5 Å². The largest absolute Gasteiger partial charge is 0.497 e. The highest BCUT2D eigenvalue weighted by Gasteiger charge is 2.47. The highest BCUT2D eigenvalue weighted by molar-refractivity contribution is 6.29. The summed E-state index contributed by atoms with van der Waals surface area (Å²) in [5.41, 5.74) is 2.21. The number of halogens is 1. The van der Waals surface area contributed by atoms with Crippen LogP contribution in [0.15, 0.2) is 18.2 Å². The van der Waals surface area contributed by atoms with Gasteiger partial charge in [-0.25, -0.2) is 0 Å². The van der Waals surface area contributed by atoms with E-state index in [2.05, 4.69) is 13.0 Å². The lowest BCUT2D eigenvalue weighted by molar-refractivity contribution is -0.117. The maximum atomic E-state index is 12.5. The third-order valence-electron chi connectivity index (χ3n) is 5.06. The van der Waals surface area contributed by atoms with Crippen LogP contribution in [0, 0.1) is 0 Å². The van der Waals surface area contributed by atoms with Gasteiger partial charge in [0.05, 0.1) is 7.11 Å². The Morgan fingerprint density at radius 3 is 2.76 bits per heavy atom. The highest BCUT2D eigenvalue weighted by atomic mass is 35.5. The maximum absolute atomic E-state index is 12.5. The van der Waals surface area contributed by atoms with Crippen molar-refractivity contribution in [1.29, 1.82) is 0 Å². The molecule has 4 heteroatoms. The zero-order chi connectivity index (χ0) is 15.0. The summed E-state index contributed by atoms with van der Waals surface area (Å²) in [5.74, 6) is 1.35. The van der Waals surface area contributed by atoms with E-state index in [1.165, 1.54) is 18.4 Å². The van der Waals surface area contributed by atoms with Gasteiger partial charge in [0.25, 0.3) is 0 Å². The fraction of sp³-hybridized carbons (Fsp3) is 0.588. The molecule has 1 unspecified atom stereocenters. The average Bonchev–Trinajstić information content (AvgIpc) is 2.95. The average molecular weight is 308 g/mol. The van der Waals surface area contributed by atoms with Crippen molar-refractivity contribution in [2.24, 2.45) is 0 Å². The lowest BCUT2D eigenvalue weighted by Crippen LogP contribution is -2.54. The van der Waals surface area contributed by atoms with Gasteiger partial charge in [-0.2, -0.15) is 0 Å². The first kappa shape index (κ1) is 14.7. The number of carbonyl (C=O) groups is 1. The molecule has 21 heavy (non-hydrogen) atoms. The van der Waals surface area contributed by atoms with Crippen molar-refractivity contribution < 1.29 is 9.53 Å². The van der Waals surface area contributed by atoms with Gasteiger partial charge in [0.1, 0.15) is 11.6 Å². The summed E-state index contributed by atoms with van der Waals surface area (Å²) in [6, 6.07) is 6.03. The number of rotatable bonds is 2. The number of alkyl halides is 1. The van der Waals surface area contributed by atoms with Gasteiger partial charge in [-0.1, -0.05) is 19.8 Å². The molecule has 2 aliphatic rings. The Bertz CT molecular complexity index is 552. The molecule has 0 radical (unpaired) electrons. The number of ether oxygens (including phenoxy) is 1. The molecular formula is C17H22ClNO2. The predicted octanol–water partition coefficient (Wildman–Crippen LogP) is 4.09. The molecule has 114 valence electrons. The fourth-order valence-corrected chi connectivity index (χ4v) is 4.32.